The molecule has 5 nitrogen and oxygen atoms in total. The molecule has 0 fully saturated rings. The lowest BCUT2D eigenvalue weighted by Crippen LogP contribution is -2.41. The van der Waals surface area contributed by atoms with E-state index in [1.807, 2.05) is 18.2 Å². The lowest BCUT2D eigenvalue weighted by atomic mass is 9.98. The van der Waals surface area contributed by atoms with Crippen LogP contribution in [0.1, 0.15) is 22.9 Å². The molecule has 1 unspecified atom stereocenters. The summed E-state index contributed by atoms with van der Waals surface area (Å²) >= 11 is 0. The van der Waals surface area contributed by atoms with Crippen LogP contribution in [0.5, 0.6) is 11.5 Å². The van der Waals surface area contributed by atoms with E-state index in [0.29, 0.717) is 5.75 Å². The number of carbonyl (C=O) groups is 1. The number of benzene rings is 2. The Labute approximate surface area is 141 Å². The summed E-state index contributed by atoms with van der Waals surface area (Å²) in [5.74, 6) is 0.263. The number of hydrogen-bond acceptors (Lipinski definition) is 4. The Morgan fingerprint density at radius 1 is 1.33 bits per heavy atom. The maximum absolute atomic E-state index is 12.2. The molecule has 3 rings (SSSR count). The minimum absolute atomic E-state index is 0.0714. The molecule has 0 saturated heterocycles. The first-order valence-electron chi connectivity index (χ1n) is 7.84. The maximum Gasteiger partial charge on any atom is 0.245 e. The first kappa shape index (κ1) is 16.1. The highest BCUT2D eigenvalue weighted by atomic mass is 16.5. The molecule has 0 radical (unpaired) electrons. The van der Waals surface area contributed by atoms with Crippen molar-refractivity contribution >= 4 is 12.0 Å². The highest BCUT2D eigenvalue weighted by molar-refractivity contribution is 5.92. The van der Waals surface area contributed by atoms with E-state index in [1.54, 1.807) is 18.2 Å². The van der Waals surface area contributed by atoms with Crippen LogP contribution in [-0.4, -0.2) is 24.7 Å². The monoisotopic (exact) mass is 324 g/mol. The molecule has 0 saturated carbocycles. The number of phenolic OH excluding ortho intramolecular Hbond substituents is 1. The second kappa shape index (κ2) is 7.19. The molecule has 3 N–H and O–H groups in total. The van der Waals surface area contributed by atoms with Crippen LogP contribution in [0.2, 0.25) is 0 Å². The third-order valence-electron chi connectivity index (χ3n) is 4.03. The smallest absolute Gasteiger partial charge is 0.245 e. The Hall–Kier alpha value is -2.79. The second-order valence-electron chi connectivity index (χ2n) is 5.61. The van der Waals surface area contributed by atoms with Crippen LogP contribution in [0, 0.1) is 0 Å². The molecular formula is C19H20N2O3. The summed E-state index contributed by atoms with van der Waals surface area (Å²) in [7, 11) is 1.49. The Bertz CT molecular complexity index is 771. The molecule has 5 heteroatoms. The van der Waals surface area contributed by atoms with Gasteiger partial charge < -0.3 is 15.2 Å². The quantitative estimate of drug-likeness (QED) is 0.755. The van der Waals surface area contributed by atoms with E-state index in [0.717, 1.165) is 24.1 Å². The van der Waals surface area contributed by atoms with Crippen molar-refractivity contribution in [2.24, 2.45) is 0 Å². The van der Waals surface area contributed by atoms with Gasteiger partial charge in [-0.25, -0.2) is 0 Å². The van der Waals surface area contributed by atoms with Gasteiger partial charge in [0.25, 0.3) is 0 Å². The molecule has 2 aromatic rings. The summed E-state index contributed by atoms with van der Waals surface area (Å²) < 4.78 is 5.06. The van der Waals surface area contributed by atoms with Gasteiger partial charge in [-0.3, -0.25) is 10.1 Å². The van der Waals surface area contributed by atoms with Gasteiger partial charge in [0.05, 0.1) is 7.11 Å². The van der Waals surface area contributed by atoms with Gasteiger partial charge in [-0.05, 0) is 41.3 Å². The number of amides is 1. The number of carbonyl (C=O) groups excluding carboxylic acids is 1. The minimum Gasteiger partial charge on any atom is -0.504 e. The van der Waals surface area contributed by atoms with Crippen molar-refractivity contribution in [3.63, 3.8) is 0 Å². The summed E-state index contributed by atoms with van der Waals surface area (Å²) in [6.45, 7) is 0.834. The SMILES string of the molecule is COc1cc(/C=C/C(=O)NC2NCCc3ccccc32)ccc1O. The first-order valence-corrected chi connectivity index (χ1v) is 7.84. The van der Waals surface area contributed by atoms with Crippen molar-refractivity contribution in [2.45, 2.75) is 12.6 Å². The number of fused-ring (bicyclic) bond motifs is 1. The Morgan fingerprint density at radius 3 is 3.00 bits per heavy atom. The molecule has 1 aliphatic rings. The largest absolute Gasteiger partial charge is 0.504 e. The molecule has 0 spiro atoms. The van der Waals surface area contributed by atoms with Crippen molar-refractivity contribution in [1.29, 1.82) is 0 Å². The van der Waals surface area contributed by atoms with Gasteiger partial charge in [-0.15, -0.1) is 0 Å². The van der Waals surface area contributed by atoms with E-state index in [1.165, 1.54) is 24.8 Å². The molecule has 124 valence electrons. The van der Waals surface area contributed by atoms with Gasteiger partial charge in [0.2, 0.25) is 5.91 Å². The van der Waals surface area contributed by atoms with Crippen LogP contribution in [-0.2, 0) is 11.2 Å². The highest BCUT2D eigenvalue weighted by Gasteiger charge is 2.19. The molecule has 2 aromatic carbocycles. The normalized spacial score (nSPS) is 16.6. The van der Waals surface area contributed by atoms with Crippen molar-refractivity contribution in [2.75, 3.05) is 13.7 Å². The topological polar surface area (TPSA) is 70.6 Å². The zero-order valence-corrected chi connectivity index (χ0v) is 13.5. The summed E-state index contributed by atoms with van der Waals surface area (Å²) in [5.41, 5.74) is 3.14. The minimum atomic E-state index is -0.184. The fraction of sp³-hybridized carbons (Fsp3) is 0.211. The number of nitrogens with one attached hydrogen (secondary N) is 2. The van der Waals surface area contributed by atoms with E-state index in [-0.39, 0.29) is 17.8 Å². The zero-order valence-electron chi connectivity index (χ0n) is 13.5. The number of rotatable bonds is 4. The fourth-order valence-corrected chi connectivity index (χ4v) is 2.79. The van der Waals surface area contributed by atoms with E-state index >= 15 is 0 Å². The van der Waals surface area contributed by atoms with Crippen molar-refractivity contribution < 1.29 is 14.6 Å². The summed E-state index contributed by atoms with van der Waals surface area (Å²) in [6.07, 6.45) is 3.95. The van der Waals surface area contributed by atoms with E-state index in [2.05, 4.69) is 16.7 Å². The standard InChI is InChI=1S/C19H20N2O3/c1-24-17-12-13(6-8-16(17)22)7-9-18(23)21-19-15-5-3-2-4-14(15)10-11-20-19/h2-9,12,19-20,22H,10-11H2,1H3,(H,21,23)/b9-7+. The first-order chi connectivity index (χ1) is 11.7. The van der Waals surface area contributed by atoms with Crippen LogP contribution >= 0.6 is 0 Å². The summed E-state index contributed by atoms with van der Waals surface area (Å²) in [4.78, 5) is 12.2. The maximum atomic E-state index is 12.2. The number of methoxy groups -OCH3 is 1. The molecule has 24 heavy (non-hydrogen) atoms. The average Bonchev–Trinajstić information content (AvgIpc) is 2.61. The fourth-order valence-electron chi connectivity index (χ4n) is 2.79. The van der Waals surface area contributed by atoms with Crippen molar-refractivity contribution in [3.05, 3.63) is 65.2 Å². The number of ether oxygens (including phenoxy) is 1. The highest BCUT2D eigenvalue weighted by Crippen LogP contribution is 2.26. The van der Waals surface area contributed by atoms with E-state index in [4.69, 9.17) is 4.74 Å². The van der Waals surface area contributed by atoms with Crippen LogP contribution in [0.15, 0.2) is 48.5 Å². The number of hydrogen-bond donors (Lipinski definition) is 3. The molecule has 1 amide bonds. The molecular weight excluding hydrogens is 304 g/mol. The summed E-state index contributed by atoms with van der Waals surface area (Å²) in [6, 6.07) is 13.0. The third kappa shape index (κ3) is 3.58. The molecule has 1 aliphatic heterocycles. The number of aromatic hydroxyl groups is 1. The Kier molecular flexibility index (Phi) is 4.82. The summed E-state index contributed by atoms with van der Waals surface area (Å²) in [5, 5.41) is 15.9. The third-order valence-corrected chi connectivity index (χ3v) is 4.03. The number of phenols is 1. The van der Waals surface area contributed by atoms with Gasteiger partial charge in [0, 0.05) is 12.6 Å². The lowest BCUT2D eigenvalue weighted by molar-refractivity contribution is -0.117. The second-order valence-corrected chi connectivity index (χ2v) is 5.61. The van der Waals surface area contributed by atoms with E-state index in [9.17, 15) is 9.90 Å². The van der Waals surface area contributed by atoms with Crippen LogP contribution in [0.4, 0.5) is 0 Å². The Balaban J connectivity index is 1.68. The van der Waals surface area contributed by atoms with Gasteiger partial charge in [0.15, 0.2) is 11.5 Å². The van der Waals surface area contributed by atoms with Gasteiger partial charge in [-0.2, -0.15) is 0 Å². The van der Waals surface area contributed by atoms with Crippen LogP contribution in [0.3, 0.4) is 0 Å². The van der Waals surface area contributed by atoms with Crippen molar-refractivity contribution in [1.82, 2.24) is 10.6 Å². The van der Waals surface area contributed by atoms with Crippen LogP contribution in [0.25, 0.3) is 6.08 Å². The van der Waals surface area contributed by atoms with Gasteiger partial charge in [-0.1, -0.05) is 30.3 Å². The van der Waals surface area contributed by atoms with E-state index < -0.39 is 0 Å². The van der Waals surface area contributed by atoms with Crippen molar-refractivity contribution in [3.8, 4) is 11.5 Å². The zero-order chi connectivity index (χ0) is 16.9. The lowest BCUT2D eigenvalue weighted by Gasteiger charge is -2.27. The molecule has 0 aliphatic carbocycles. The average molecular weight is 324 g/mol. The Morgan fingerprint density at radius 2 is 2.17 bits per heavy atom. The van der Waals surface area contributed by atoms with Gasteiger partial charge in [0.1, 0.15) is 6.17 Å². The van der Waals surface area contributed by atoms with Gasteiger partial charge >= 0.3 is 0 Å². The predicted molar refractivity (Wildman–Crippen MR) is 92.7 cm³/mol. The molecule has 0 bridgehead atoms. The molecule has 1 heterocycles. The molecule has 1 atom stereocenters. The molecule has 0 aromatic heterocycles. The predicted octanol–water partition coefficient (Wildman–Crippen LogP) is 2.37. The van der Waals surface area contributed by atoms with Crippen LogP contribution < -0.4 is 15.4 Å².